The van der Waals surface area contributed by atoms with Crippen molar-refractivity contribution >= 4 is 16.8 Å². The summed E-state index contributed by atoms with van der Waals surface area (Å²) in [6, 6.07) is 9.41. The smallest absolute Gasteiger partial charge is 0.255 e. The van der Waals surface area contributed by atoms with Gasteiger partial charge < -0.3 is 4.90 Å². The molecule has 0 N–H and O–H groups in total. The number of hydrogen-bond acceptors (Lipinski definition) is 3. The summed E-state index contributed by atoms with van der Waals surface area (Å²) in [6.07, 6.45) is 3.92. The lowest BCUT2D eigenvalue weighted by atomic mass is 9.96. The van der Waals surface area contributed by atoms with E-state index in [-0.39, 0.29) is 5.91 Å². The fourth-order valence-corrected chi connectivity index (χ4v) is 4.27. The summed E-state index contributed by atoms with van der Waals surface area (Å²) in [7, 11) is 0. The molecule has 25 heavy (non-hydrogen) atoms. The number of carbonyl (C=O) groups is 1. The minimum absolute atomic E-state index is 0.134. The Labute approximate surface area is 149 Å². The number of fused-ring (bicyclic) bond motifs is 1. The zero-order valence-electron chi connectivity index (χ0n) is 15.5. The minimum Gasteiger partial charge on any atom is -0.335 e. The van der Waals surface area contributed by atoms with Gasteiger partial charge in [-0.05, 0) is 58.4 Å². The molecule has 0 saturated carbocycles. The van der Waals surface area contributed by atoms with Gasteiger partial charge in [0.2, 0.25) is 0 Å². The monoisotopic (exact) mass is 337 g/mol. The first-order valence-corrected chi connectivity index (χ1v) is 9.46. The number of benzene rings is 1. The van der Waals surface area contributed by atoms with E-state index < -0.39 is 0 Å². The molecule has 2 aliphatic heterocycles. The molecule has 0 bridgehead atoms. The predicted molar refractivity (Wildman–Crippen MR) is 101 cm³/mol. The summed E-state index contributed by atoms with van der Waals surface area (Å²) in [5.74, 6) is 0.134. The van der Waals surface area contributed by atoms with E-state index in [1.165, 1.54) is 31.4 Å². The Bertz CT molecular complexity index is 810. The van der Waals surface area contributed by atoms with Crippen molar-refractivity contribution in [2.45, 2.75) is 52.1 Å². The molecular formula is C21H27N3O. The second-order valence-corrected chi connectivity index (χ2v) is 7.76. The minimum atomic E-state index is 0.134. The number of aromatic nitrogens is 1. The topological polar surface area (TPSA) is 36.4 Å². The van der Waals surface area contributed by atoms with Gasteiger partial charge >= 0.3 is 0 Å². The number of rotatable bonds is 2. The van der Waals surface area contributed by atoms with Crippen molar-refractivity contribution in [2.24, 2.45) is 0 Å². The Morgan fingerprint density at radius 3 is 2.72 bits per heavy atom. The molecule has 0 spiro atoms. The van der Waals surface area contributed by atoms with Crippen LogP contribution in [0.5, 0.6) is 0 Å². The van der Waals surface area contributed by atoms with E-state index in [4.69, 9.17) is 0 Å². The fourth-order valence-electron chi connectivity index (χ4n) is 4.27. The SMILES string of the molecule is Cc1ccc2nc(C)c(C(=O)N3CC(N4CCCC[C@@H]4C)C3)cc2c1. The second kappa shape index (κ2) is 6.41. The molecule has 1 amide bonds. The van der Waals surface area contributed by atoms with Gasteiger partial charge in [0, 0.05) is 30.6 Å². The first-order chi connectivity index (χ1) is 12.0. The van der Waals surface area contributed by atoms with Gasteiger partial charge in [0.25, 0.3) is 5.91 Å². The maximum Gasteiger partial charge on any atom is 0.255 e. The highest BCUT2D eigenvalue weighted by Crippen LogP contribution is 2.27. The van der Waals surface area contributed by atoms with Crippen molar-refractivity contribution in [3.8, 4) is 0 Å². The van der Waals surface area contributed by atoms with Crippen LogP contribution in [0.1, 0.15) is 47.8 Å². The van der Waals surface area contributed by atoms with Crippen molar-refractivity contribution in [3.63, 3.8) is 0 Å². The molecule has 4 heteroatoms. The van der Waals surface area contributed by atoms with Gasteiger partial charge in [-0.1, -0.05) is 18.1 Å². The Hall–Kier alpha value is -1.94. The van der Waals surface area contributed by atoms with Crippen LogP contribution in [-0.2, 0) is 0 Å². The first-order valence-electron chi connectivity index (χ1n) is 9.46. The zero-order chi connectivity index (χ0) is 17.6. The number of nitrogens with zero attached hydrogens (tertiary/aromatic N) is 3. The van der Waals surface area contributed by atoms with Crippen LogP contribution in [0.4, 0.5) is 0 Å². The maximum atomic E-state index is 13.0. The molecule has 2 aromatic rings. The van der Waals surface area contributed by atoms with E-state index >= 15 is 0 Å². The number of carbonyl (C=O) groups excluding carboxylic acids is 1. The van der Waals surface area contributed by atoms with Crippen LogP contribution in [0, 0.1) is 13.8 Å². The van der Waals surface area contributed by atoms with Gasteiger partial charge in [0.15, 0.2) is 0 Å². The van der Waals surface area contributed by atoms with E-state index in [2.05, 4.69) is 35.9 Å². The summed E-state index contributed by atoms with van der Waals surface area (Å²) >= 11 is 0. The van der Waals surface area contributed by atoms with E-state index in [9.17, 15) is 4.79 Å². The van der Waals surface area contributed by atoms with Gasteiger partial charge in [-0.2, -0.15) is 0 Å². The molecule has 4 rings (SSSR count). The van der Waals surface area contributed by atoms with Gasteiger partial charge in [-0.3, -0.25) is 14.7 Å². The van der Waals surface area contributed by atoms with Crippen LogP contribution >= 0.6 is 0 Å². The van der Waals surface area contributed by atoms with Crippen molar-refractivity contribution in [2.75, 3.05) is 19.6 Å². The fraction of sp³-hybridized carbons (Fsp3) is 0.524. The van der Waals surface area contributed by atoms with E-state index in [0.29, 0.717) is 12.1 Å². The van der Waals surface area contributed by atoms with Crippen molar-refractivity contribution in [3.05, 3.63) is 41.1 Å². The molecule has 1 aromatic heterocycles. The Balaban J connectivity index is 1.50. The molecule has 2 aliphatic rings. The van der Waals surface area contributed by atoms with E-state index in [1.807, 2.05) is 24.0 Å². The summed E-state index contributed by atoms with van der Waals surface area (Å²) < 4.78 is 0. The molecule has 132 valence electrons. The first kappa shape index (κ1) is 16.5. The van der Waals surface area contributed by atoms with Crippen LogP contribution in [0.15, 0.2) is 24.3 Å². The highest BCUT2D eigenvalue weighted by Gasteiger charge is 2.38. The average molecular weight is 337 g/mol. The third-order valence-electron chi connectivity index (χ3n) is 5.86. The molecule has 0 aliphatic carbocycles. The molecule has 2 saturated heterocycles. The molecule has 3 heterocycles. The summed E-state index contributed by atoms with van der Waals surface area (Å²) in [5.41, 5.74) is 3.74. The van der Waals surface area contributed by atoms with Crippen molar-refractivity contribution in [1.29, 1.82) is 0 Å². The van der Waals surface area contributed by atoms with E-state index in [1.54, 1.807) is 0 Å². The van der Waals surface area contributed by atoms with Gasteiger partial charge in [-0.25, -0.2) is 0 Å². The highest BCUT2D eigenvalue weighted by atomic mass is 16.2. The maximum absolute atomic E-state index is 13.0. The van der Waals surface area contributed by atoms with Crippen molar-refractivity contribution < 1.29 is 4.79 Å². The van der Waals surface area contributed by atoms with Crippen LogP contribution < -0.4 is 0 Å². The van der Waals surface area contributed by atoms with Crippen LogP contribution in [0.3, 0.4) is 0 Å². The molecule has 4 nitrogen and oxygen atoms in total. The molecule has 0 radical (unpaired) electrons. The second-order valence-electron chi connectivity index (χ2n) is 7.76. The Morgan fingerprint density at radius 2 is 1.96 bits per heavy atom. The standard InChI is InChI=1S/C21H27N3O/c1-14-7-8-20-17(10-14)11-19(16(3)22-20)21(25)23-12-18(13-23)24-9-5-4-6-15(24)2/h7-8,10-11,15,18H,4-6,9,12-13H2,1-3H3/t15-/m0/s1. The van der Waals surface area contributed by atoms with Crippen molar-refractivity contribution in [1.82, 2.24) is 14.8 Å². The largest absolute Gasteiger partial charge is 0.335 e. The quantitative estimate of drug-likeness (QED) is 0.841. The summed E-state index contributed by atoms with van der Waals surface area (Å²) in [5, 5.41) is 1.05. The zero-order valence-corrected chi connectivity index (χ0v) is 15.5. The van der Waals surface area contributed by atoms with Crippen LogP contribution in [0.25, 0.3) is 10.9 Å². The highest BCUT2D eigenvalue weighted by molar-refractivity contribution is 5.99. The summed E-state index contributed by atoms with van der Waals surface area (Å²) in [4.78, 5) is 22.2. The Kier molecular flexibility index (Phi) is 4.24. The average Bonchev–Trinajstić information content (AvgIpc) is 2.55. The number of piperidine rings is 1. The lowest BCUT2D eigenvalue weighted by Crippen LogP contribution is -2.63. The van der Waals surface area contributed by atoms with E-state index in [0.717, 1.165) is 35.2 Å². The molecule has 1 atom stereocenters. The van der Waals surface area contributed by atoms with Crippen LogP contribution in [-0.4, -0.2) is 52.4 Å². The third-order valence-corrected chi connectivity index (χ3v) is 5.86. The predicted octanol–water partition coefficient (Wildman–Crippen LogP) is 3.55. The normalized spacial score (nSPS) is 22.2. The van der Waals surface area contributed by atoms with Crippen LogP contribution in [0.2, 0.25) is 0 Å². The number of amides is 1. The third kappa shape index (κ3) is 3.04. The number of pyridine rings is 1. The van der Waals surface area contributed by atoms with Gasteiger partial charge in [-0.15, -0.1) is 0 Å². The number of likely N-dealkylation sites (tertiary alicyclic amines) is 2. The molecular weight excluding hydrogens is 310 g/mol. The Morgan fingerprint density at radius 1 is 1.16 bits per heavy atom. The lowest BCUT2D eigenvalue weighted by Gasteiger charge is -2.49. The number of aryl methyl sites for hydroxylation is 2. The number of hydrogen-bond donors (Lipinski definition) is 0. The lowest BCUT2D eigenvalue weighted by molar-refractivity contribution is 0.00207. The van der Waals surface area contributed by atoms with Gasteiger partial charge in [0.05, 0.1) is 16.8 Å². The summed E-state index contributed by atoms with van der Waals surface area (Å²) in [6.45, 7) is 9.23. The molecule has 1 aromatic carbocycles. The molecule has 2 fully saturated rings. The molecule has 0 unspecified atom stereocenters. The van der Waals surface area contributed by atoms with Gasteiger partial charge in [0.1, 0.15) is 0 Å².